The van der Waals surface area contributed by atoms with Gasteiger partial charge in [-0.15, -0.1) is 0 Å². The minimum Gasteiger partial charge on any atom is -0.493 e. The van der Waals surface area contributed by atoms with Crippen LogP contribution in [0.5, 0.6) is 5.75 Å². The van der Waals surface area contributed by atoms with Crippen LogP contribution in [-0.2, 0) is 11.8 Å². The molecule has 0 fully saturated rings. The summed E-state index contributed by atoms with van der Waals surface area (Å²) < 4.78 is 50.7. The number of ether oxygens (including phenoxy) is 1. The number of benzene rings is 3. The van der Waals surface area contributed by atoms with Gasteiger partial charge in [-0.05, 0) is 54.2 Å². The zero-order valence-corrected chi connectivity index (χ0v) is 21.1. The van der Waals surface area contributed by atoms with Gasteiger partial charge in [-0.3, -0.25) is 0 Å². The van der Waals surface area contributed by atoms with Gasteiger partial charge in [0.2, 0.25) is 0 Å². The molecule has 5 rings (SSSR count). The van der Waals surface area contributed by atoms with E-state index < -0.39 is 30.2 Å². The molecule has 1 aliphatic heterocycles. The Morgan fingerprint density at radius 2 is 1.81 bits per heavy atom. The number of anilines is 1. The second kappa shape index (κ2) is 9.10. The molecule has 194 valence electrons. The Kier molecular flexibility index (Phi) is 6.18. The van der Waals surface area contributed by atoms with Crippen molar-refractivity contribution < 1.29 is 23.0 Å². The van der Waals surface area contributed by atoms with Crippen molar-refractivity contribution in [2.24, 2.45) is 0 Å². The molecule has 4 aromatic rings. The summed E-state index contributed by atoms with van der Waals surface area (Å²) in [5, 5.41) is 19.2. The van der Waals surface area contributed by atoms with Gasteiger partial charge in [0.15, 0.2) is 5.60 Å². The van der Waals surface area contributed by atoms with E-state index in [1.165, 1.54) is 0 Å². The van der Waals surface area contributed by atoms with Crippen molar-refractivity contribution >= 4 is 16.6 Å². The molecule has 0 saturated heterocycles. The van der Waals surface area contributed by atoms with Crippen molar-refractivity contribution in [3.8, 4) is 11.4 Å². The van der Waals surface area contributed by atoms with E-state index in [4.69, 9.17) is 4.74 Å². The van der Waals surface area contributed by atoms with E-state index in [-0.39, 0.29) is 0 Å². The van der Waals surface area contributed by atoms with E-state index in [1.54, 1.807) is 36.9 Å². The third-order valence-electron chi connectivity index (χ3n) is 7.11. The number of halogens is 3. The molecule has 0 bridgehead atoms. The highest BCUT2D eigenvalue weighted by molar-refractivity contribution is 5.93. The van der Waals surface area contributed by atoms with Gasteiger partial charge >= 0.3 is 6.18 Å². The fourth-order valence-corrected chi connectivity index (χ4v) is 5.27. The predicted octanol–water partition coefficient (Wildman–Crippen LogP) is 6.34. The van der Waals surface area contributed by atoms with Crippen LogP contribution >= 0.6 is 0 Å². The van der Waals surface area contributed by atoms with Crippen LogP contribution in [0.4, 0.5) is 18.9 Å². The van der Waals surface area contributed by atoms with Gasteiger partial charge in [0.05, 0.1) is 30.6 Å². The molecule has 0 saturated carbocycles. The van der Waals surface area contributed by atoms with Crippen LogP contribution < -0.4 is 10.1 Å². The normalized spacial score (nSPS) is 15.3. The van der Waals surface area contributed by atoms with Crippen molar-refractivity contribution in [3.05, 3.63) is 83.6 Å². The Morgan fingerprint density at radius 1 is 1.05 bits per heavy atom. The van der Waals surface area contributed by atoms with Crippen LogP contribution in [0.2, 0.25) is 0 Å². The summed E-state index contributed by atoms with van der Waals surface area (Å²) in [4.78, 5) is 0. The second-order valence-electron chi connectivity index (χ2n) is 10.5. The van der Waals surface area contributed by atoms with Gasteiger partial charge in [0.25, 0.3) is 0 Å². The van der Waals surface area contributed by atoms with Gasteiger partial charge in [0, 0.05) is 23.1 Å². The molecular formula is C29H30F3N3O2. The minimum absolute atomic E-state index is 0.488. The summed E-state index contributed by atoms with van der Waals surface area (Å²) in [5.74, 6) is 0.638. The van der Waals surface area contributed by atoms with Crippen molar-refractivity contribution in [3.63, 3.8) is 0 Å². The van der Waals surface area contributed by atoms with E-state index in [9.17, 15) is 18.3 Å². The monoisotopic (exact) mass is 509 g/mol. The van der Waals surface area contributed by atoms with Crippen LogP contribution in [0, 0.1) is 6.92 Å². The molecule has 5 nitrogen and oxygen atoms in total. The number of nitrogens with zero attached hydrogens (tertiary/aromatic N) is 2. The summed E-state index contributed by atoms with van der Waals surface area (Å²) in [5.41, 5.74) is 0.637. The Balaban J connectivity index is 1.46. The maximum Gasteiger partial charge on any atom is 0.418 e. The van der Waals surface area contributed by atoms with Crippen LogP contribution in [0.3, 0.4) is 0 Å². The molecule has 2 N–H and O–H groups in total. The Labute approximate surface area is 213 Å². The minimum atomic E-state index is -4.85. The Bertz CT molecular complexity index is 1430. The topological polar surface area (TPSA) is 59.3 Å². The first-order chi connectivity index (χ1) is 17.5. The number of rotatable bonds is 7. The van der Waals surface area contributed by atoms with Gasteiger partial charge in [0.1, 0.15) is 5.75 Å². The fourth-order valence-electron chi connectivity index (χ4n) is 5.27. The first-order valence-corrected chi connectivity index (χ1v) is 12.3. The highest BCUT2D eigenvalue weighted by Crippen LogP contribution is 2.45. The number of hydrogen-bond acceptors (Lipinski definition) is 4. The van der Waals surface area contributed by atoms with Gasteiger partial charge in [-0.1, -0.05) is 50.2 Å². The Hall–Kier alpha value is -3.52. The summed E-state index contributed by atoms with van der Waals surface area (Å²) in [7, 11) is 0. The molecule has 8 heteroatoms. The zero-order valence-electron chi connectivity index (χ0n) is 21.1. The zero-order chi connectivity index (χ0) is 26.4. The summed E-state index contributed by atoms with van der Waals surface area (Å²) in [6, 6.07) is 18.8. The smallest absolute Gasteiger partial charge is 0.418 e. The second-order valence-corrected chi connectivity index (χ2v) is 10.5. The average molecular weight is 510 g/mol. The molecule has 3 aromatic carbocycles. The third-order valence-corrected chi connectivity index (χ3v) is 7.11. The molecule has 0 spiro atoms. The number of aliphatic hydroxyl groups is 1. The first kappa shape index (κ1) is 25.1. The number of alkyl halides is 3. The van der Waals surface area contributed by atoms with Gasteiger partial charge in [-0.2, -0.15) is 18.3 Å². The molecule has 1 atom stereocenters. The van der Waals surface area contributed by atoms with Crippen LogP contribution in [0.1, 0.15) is 37.0 Å². The standard InChI is InChI=1S/C29H30F3N3O2/c1-19-14-24(22-16-34-35(25(22)15-19)21-9-5-4-6-10-21)33-18-28(36,29(30,31)32)17-27(2,3)23-11-7-8-20-12-13-37-26(20)23/h4-11,14-16,33,36H,12-13,17-18H2,1-3H3/t28-/m1/s1. The number of nitrogens with one attached hydrogen (secondary N) is 1. The van der Waals surface area contributed by atoms with Gasteiger partial charge < -0.3 is 15.2 Å². The maximum absolute atomic E-state index is 14.4. The van der Waals surface area contributed by atoms with Crippen molar-refractivity contribution in [2.75, 3.05) is 18.5 Å². The summed E-state index contributed by atoms with van der Waals surface area (Å²) in [6.45, 7) is 5.12. The molecule has 0 aliphatic carbocycles. The quantitative estimate of drug-likeness (QED) is 0.305. The Morgan fingerprint density at radius 3 is 2.54 bits per heavy atom. The number of aromatic nitrogens is 2. The molecule has 0 amide bonds. The number of para-hydroxylation sites is 2. The van der Waals surface area contributed by atoms with E-state index >= 15 is 0 Å². The lowest BCUT2D eigenvalue weighted by Gasteiger charge is -2.38. The molecular weight excluding hydrogens is 479 g/mol. The van der Waals surface area contributed by atoms with Gasteiger partial charge in [-0.25, -0.2) is 4.68 Å². The summed E-state index contributed by atoms with van der Waals surface area (Å²) >= 11 is 0. The number of aryl methyl sites for hydroxylation is 1. The fraction of sp³-hybridized carbons (Fsp3) is 0.345. The van der Waals surface area contributed by atoms with Crippen molar-refractivity contribution in [1.82, 2.24) is 9.78 Å². The average Bonchev–Trinajstić information content (AvgIpc) is 3.49. The number of fused-ring (bicyclic) bond motifs is 2. The number of hydrogen-bond donors (Lipinski definition) is 2. The van der Waals surface area contributed by atoms with Crippen LogP contribution in [-0.4, -0.2) is 39.8 Å². The van der Waals surface area contributed by atoms with Crippen LogP contribution in [0.15, 0.2) is 66.9 Å². The maximum atomic E-state index is 14.4. The SMILES string of the molecule is Cc1cc(NC[C@](O)(CC(C)(C)c2cccc3c2OCC3)C(F)(F)F)c2cnn(-c3ccccc3)c2c1. The van der Waals surface area contributed by atoms with E-state index in [1.807, 2.05) is 55.5 Å². The molecule has 2 heterocycles. The van der Waals surface area contributed by atoms with E-state index in [0.717, 1.165) is 28.8 Å². The lowest BCUT2D eigenvalue weighted by atomic mass is 9.74. The highest BCUT2D eigenvalue weighted by atomic mass is 19.4. The van der Waals surface area contributed by atoms with Crippen molar-refractivity contribution in [2.45, 2.75) is 50.8 Å². The van der Waals surface area contributed by atoms with E-state index in [2.05, 4.69) is 10.4 Å². The molecule has 1 aromatic heterocycles. The largest absolute Gasteiger partial charge is 0.493 e. The molecule has 0 radical (unpaired) electrons. The van der Waals surface area contributed by atoms with Crippen LogP contribution in [0.25, 0.3) is 16.6 Å². The predicted molar refractivity (Wildman–Crippen MR) is 139 cm³/mol. The first-order valence-electron chi connectivity index (χ1n) is 12.3. The highest BCUT2D eigenvalue weighted by Gasteiger charge is 2.56. The third kappa shape index (κ3) is 4.66. The molecule has 1 aliphatic rings. The molecule has 37 heavy (non-hydrogen) atoms. The summed E-state index contributed by atoms with van der Waals surface area (Å²) in [6.07, 6.45) is -3.03. The van der Waals surface area contributed by atoms with Crippen molar-refractivity contribution in [1.29, 1.82) is 0 Å². The lowest BCUT2D eigenvalue weighted by Crippen LogP contribution is -2.53. The van der Waals surface area contributed by atoms with E-state index in [0.29, 0.717) is 29.0 Å². The lowest BCUT2D eigenvalue weighted by molar-refractivity contribution is -0.260. The molecule has 0 unspecified atom stereocenters.